The minimum absolute atomic E-state index is 0.222. The maximum atomic E-state index is 5.56. The third-order valence-corrected chi connectivity index (χ3v) is 2.86. The second-order valence-electron chi connectivity index (χ2n) is 2.99. The normalized spacial score (nSPS) is 10.4. The molecule has 0 aliphatic carbocycles. The Bertz CT molecular complexity index is 475. The van der Waals surface area contributed by atoms with Crippen LogP contribution in [0.3, 0.4) is 0 Å². The van der Waals surface area contributed by atoms with Gasteiger partial charge < -0.3 is 9.73 Å². The molecule has 0 atom stereocenters. The molecule has 1 aromatic heterocycles. The second-order valence-corrected chi connectivity index (χ2v) is 4.14. The summed E-state index contributed by atoms with van der Waals surface area (Å²) in [6.45, 7) is 0. The molecule has 16 heavy (non-hydrogen) atoms. The Labute approximate surface area is 102 Å². The molecule has 1 aromatic carbocycles. The first-order chi connectivity index (χ1) is 7.81. The van der Waals surface area contributed by atoms with Gasteiger partial charge in [0.25, 0.3) is 0 Å². The fourth-order valence-electron chi connectivity index (χ4n) is 1.18. The summed E-state index contributed by atoms with van der Waals surface area (Å²) in [5.74, 6) is 0.629. The number of nitrogens with zero attached hydrogens (tertiary/aromatic N) is 2. The van der Waals surface area contributed by atoms with E-state index in [-0.39, 0.29) is 5.88 Å². The lowest BCUT2D eigenvalue weighted by molar-refractivity contribution is 0.530. The van der Waals surface area contributed by atoms with Gasteiger partial charge >= 0.3 is 6.01 Å². The minimum atomic E-state index is 0.222. The van der Waals surface area contributed by atoms with Crippen molar-refractivity contribution in [3.05, 3.63) is 30.2 Å². The Kier molecular flexibility index (Phi) is 3.69. The molecule has 0 aliphatic heterocycles. The number of nitrogens with one attached hydrogen (secondary N) is 1. The SMILES string of the molecule is CSc1cccc(Nc2nnc(CCl)o2)c1. The van der Waals surface area contributed by atoms with Gasteiger partial charge in [-0.2, -0.15) is 0 Å². The van der Waals surface area contributed by atoms with E-state index in [4.69, 9.17) is 16.0 Å². The van der Waals surface area contributed by atoms with Crippen molar-refractivity contribution in [2.75, 3.05) is 11.6 Å². The van der Waals surface area contributed by atoms with Crippen LogP contribution in [-0.4, -0.2) is 16.5 Å². The first-order valence-corrected chi connectivity index (χ1v) is 6.37. The average molecular weight is 256 g/mol. The van der Waals surface area contributed by atoms with Gasteiger partial charge in [0.15, 0.2) is 0 Å². The third kappa shape index (κ3) is 2.68. The number of benzene rings is 1. The van der Waals surface area contributed by atoms with Crippen LogP contribution in [0.5, 0.6) is 0 Å². The number of hydrogen-bond donors (Lipinski definition) is 1. The Morgan fingerprint density at radius 1 is 1.44 bits per heavy atom. The largest absolute Gasteiger partial charge is 0.407 e. The van der Waals surface area contributed by atoms with E-state index in [2.05, 4.69) is 15.5 Å². The van der Waals surface area contributed by atoms with Crippen molar-refractivity contribution < 1.29 is 4.42 Å². The van der Waals surface area contributed by atoms with Crippen LogP contribution in [0.25, 0.3) is 0 Å². The maximum Gasteiger partial charge on any atom is 0.320 e. The lowest BCUT2D eigenvalue weighted by Gasteiger charge is -2.02. The highest BCUT2D eigenvalue weighted by Gasteiger charge is 2.04. The van der Waals surface area contributed by atoms with Gasteiger partial charge in [0.1, 0.15) is 5.88 Å². The van der Waals surface area contributed by atoms with E-state index >= 15 is 0 Å². The van der Waals surface area contributed by atoms with Crippen LogP contribution in [0.4, 0.5) is 11.7 Å². The highest BCUT2D eigenvalue weighted by Crippen LogP contribution is 2.21. The molecule has 0 aliphatic rings. The number of halogens is 1. The fraction of sp³-hybridized carbons (Fsp3) is 0.200. The second kappa shape index (κ2) is 5.23. The van der Waals surface area contributed by atoms with Gasteiger partial charge in [-0.05, 0) is 24.5 Å². The molecule has 2 aromatic rings. The topological polar surface area (TPSA) is 51.0 Å². The number of thioether (sulfide) groups is 1. The molecule has 0 spiro atoms. The Hall–Kier alpha value is -1.20. The molecule has 0 bridgehead atoms. The van der Waals surface area contributed by atoms with Crippen molar-refractivity contribution >= 4 is 35.1 Å². The Morgan fingerprint density at radius 2 is 2.31 bits per heavy atom. The van der Waals surface area contributed by atoms with E-state index in [1.807, 2.05) is 30.5 Å². The number of rotatable bonds is 4. The maximum absolute atomic E-state index is 5.56. The molecule has 0 saturated carbocycles. The van der Waals surface area contributed by atoms with E-state index in [0.29, 0.717) is 11.9 Å². The van der Waals surface area contributed by atoms with Crippen LogP contribution in [0, 0.1) is 0 Å². The summed E-state index contributed by atoms with van der Waals surface area (Å²) in [7, 11) is 0. The molecule has 4 nitrogen and oxygen atoms in total. The standard InChI is InChI=1S/C10H10ClN3OS/c1-16-8-4-2-3-7(5-8)12-10-14-13-9(6-11)15-10/h2-5H,6H2,1H3,(H,12,14). The predicted octanol–water partition coefficient (Wildman–Crippen LogP) is 3.27. The summed E-state index contributed by atoms with van der Waals surface area (Å²) < 4.78 is 5.24. The molecule has 1 heterocycles. The van der Waals surface area contributed by atoms with E-state index in [1.54, 1.807) is 11.8 Å². The molecule has 84 valence electrons. The molecule has 1 N–H and O–H groups in total. The van der Waals surface area contributed by atoms with E-state index in [1.165, 1.54) is 4.90 Å². The number of aromatic nitrogens is 2. The van der Waals surface area contributed by atoms with Crippen LogP contribution < -0.4 is 5.32 Å². The quantitative estimate of drug-likeness (QED) is 0.671. The van der Waals surface area contributed by atoms with Crippen LogP contribution >= 0.6 is 23.4 Å². The monoisotopic (exact) mass is 255 g/mol. The van der Waals surface area contributed by atoms with Crippen molar-refractivity contribution in [2.24, 2.45) is 0 Å². The van der Waals surface area contributed by atoms with E-state index in [0.717, 1.165) is 5.69 Å². The van der Waals surface area contributed by atoms with Gasteiger partial charge in [0.05, 0.1) is 0 Å². The Balaban J connectivity index is 2.13. The lowest BCUT2D eigenvalue weighted by Crippen LogP contribution is -1.90. The zero-order chi connectivity index (χ0) is 11.4. The first-order valence-electron chi connectivity index (χ1n) is 4.61. The zero-order valence-electron chi connectivity index (χ0n) is 8.61. The van der Waals surface area contributed by atoms with Gasteiger partial charge in [-0.25, -0.2) is 0 Å². The number of hydrogen-bond acceptors (Lipinski definition) is 5. The van der Waals surface area contributed by atoms with Crippen LogP contribution in [-0.2, 0) is 5.88 Å². The highest BCUT2D eigenvalue weighted by atomic mass is 35.5. The summed E-state index contributed by atoms with van der Waals surface area (Å²) >= 11 is 7.24. The van der Waals surface area contributed by atoms with Crippen molar-refractivity contribution in [3.63, 3.8) is 0 Å². The summed E-state index contributed by atoms with van der Waals surface area (Å²) in [5, 5.41) is 10.6. The van der Waals surface area contributed by atoms with Crippen LogP contribution in [0.1, 0.15) is 5.89 Å². The molecule has 0 saturated heterocycles. The molecule has 0 unspecified atom stereocenters. The van der Waals surface area contributed by atoms with Gasteiger partial charge in [0, 0.05) is 10.6 Å². The minimum Gasteiger partial charge on any atom is -0.407 e. The number of alkyl halides is 1. The van der Waals surface area contributed by atoms with Crippen molar-refractivity contribution in [2.45, 2.75) is 10.8 Å². The molecule has 0 fully saturated rings. The van der Waals surface area contributed by atoms with E-state index < -0.39 is 0 Å². The zero-order valence-corrected chi connectivity index (χ0v) is 10.2. The van der Waals surface area contributed by atoms with Gasteiger partial charge in [0.2, 0.25) is 5.89 Å². The van der Waals surface area contributed by atoms with Crippen molar-refractivity contribution in [1.29, 1.82) is 0 Å². The third-order valence-electron chi connectivity index (χ3n) is 1.90. The van der Waals surface area contributed by atoms with Crippen molar-refractivity contribution in [3.8, 4) is 0 Å². The fourth-order valence-corrected chi connectivity index (χ4v) is 1.75. The molecule has 2 rings (SSSR count). The van der Waals surface area contributed by atoms with Crippen LogP contribution in [0.15, 0.2) is 33.6 Å². The van der Waals surface area contributed by atoms with Crippen LogP contribution in [0.2, 0.25) is 0 Å². The predicted molar refractivity (Wildman–Crippen MR) is 65.4 cm³/mol. The molecule has 6 heteroatoms. The lowest BCUT2D eigenvalue weighted by atomic mass is 10.3. The van der Waals surface area contributed by atoms with Gasteiger partial charge in [-0.3, -0.25) is 0 Å². The summed E-state index contributed by atoms with van der Waals surface area (Å²) in [5.41, 5.74) is 0.914. The Morgan fingerprint density at radius 3 is 3.00 bits per heavy atom. The van der Waals surface area contributed by atoms with Crippen molar-refractivity contribution in [1.82, 2.24) is 10.2 Å². The summed E-state index contributed by atoms with van der Waals surface area (Å²) in [6.07, 6.45) is 2.03. The number of anilines is 2. The van der Waals surface area contributed by atoms with Gasteiger partial charge in [-0.1, -0.05) is 11.2 Å². The average Bonchev–Trinajstić information content (AvgIpc) is 2.77. The molecule has 0 amide bonds. The summed E-state index contributed by atoms with van der Waals surface area (Å²) in [4.78, 5) is 1.17. The van der Waals surface area contributed by atoms with Gasteiger partial charge in [-0.15, -0.1) is 28.5 Å². The molecular formula is C10H10ClN3OS. The molecule has 0 radical (unpaired) electrons. The first kappa shape index (κ1) is 11.3. The highest BCUT2D eigenvalue weighted by molar-refractivity contribution is 7.98. The summed E-state index contributed by atoms with van der Waals surface area (Å²) in [6, 6.07) is 8.30. The van der Waals surface area contributed by atoms with E-state index in [9.17, 15) is 0 Å². The smallest absolute Gasteiger partial charge is 0.320 e. The molecular weight excluding hydrogens is 246 g/mol.